The van der Waals surface area contributed by atoms with E-state index in [9.17, 15) is 4.79 Å². The van der Waals surface area contributed by atoms with Gasteiger partial charge in [-0.2, -0.15) is 0 Å². The van der Waals surface area contributed by atoms with E-state index in [0.29, 0.717) is 6.61 Å². The molecule has 0 spiro atoms. The molecule has 0 unspecified atom stereocenters. The van der Waals surface area contributed by atoms with Crippen LogP contribution < -0.4 is 4.74 Å². The van der Waals surface area contributed by atoms with E-state index in [1.54, 1.807) is 6.92 Å². The molecule has 0 saturated heterocycles. The van der Waals surface area contributed by atoms with Gasteiger partial charge in [0.15, 0.2) is 5.78 Å². The van der Waals surface area contributed by atoms with Crippen LogP contribution in [0.5, 0.6) is 5.75 Å². The number of aromatic nitrogens is 1. The van der Waals surface area contributed by atoms with Crippen molar-refractivity contribution in [2.24, 2.45) is 0 Å². The number of ketones is 1. The third-order valence-corrected chi connectivity index (χ3v) is 4.63. The van der Waals surface area contributed by atoms with Crippen molar-refractivity contribution in [1.29, 1.82) is 0 Å². The summed E-state index contributed by atoms with van der Waals surface area (Å²) in [5, 5.41) is 0.865. The molecule has 0 atom stereocenters. The summed E-state index contributed by atoms with van der Waals surface area (Å²) in [7, 11) is 0. The van der Waals surface area contributed by atoms with E-state index >= 15 is 0 Å². The fourth-order valence-electron chi connectivity index (χ4n) is 2.16. The highest BCUT2D eigenvalue weighted by molar-refractivity contribution is 7.13. The fourth-order valence-corrected chi connectivity index (χ4v) is 3.08. The third kappa shape index (κ3) is 3.70. The van der Waals surface area contributed by atoms with Gasteiger partial charge in [-0.3, -0.25) is 4.79 Å². The van der Waals surface area contributed by atoms with E-state index < -0.39 is 0 Å². The zero-order chi connectivity index (χ0) is 15.4. The van der Waals surface area contributed by atoms with Gasteiger partial charge < -0.3 is 4.74 Å². The topological polar surface area (TPSA) is 39.2 Å². The Morgan fingerprint density at radius 1 is 1.33 bits per heavy atom. The first kappa shape index (κ1) is 15.7. The second-order valence-electron chi connectivity index (χ2n) is 5.18. The SMILES string of the molecule is CCCc1nc(COc2cccc(C)c2C)sc1C(C)=O. The van der Waals surface area contributed by atoms with Gasteiger partial charge in [0, 0.05) is 6.92 Å². The number of ether oxygens (including phenoxy) is 1. The van der Waals surface area contributed by atoms with E-state index in [1.807, 2.05) is 12.1 Å². The van der Waals surface area contributed by atoms with Crippen molar-refractivity contribution in [3.05, 3.63) is 44.9 Å². The lowest BCUT2D eigenvalue weighted by Crippen LogP contribution is -1.98. The van der Waals surface area contributed by atoms with Crippen LogP contribution in [-0.4, -0.2) is 10.8 Å². The quantitative estimate of drug-likeness (QED) is 0.738. The molecule has 0 aliphatic rings. The predicted molar refractivity (Wildman–Crippen MR) is 86.4 cm³/mol. The Hall–Kier alpha value is -1.68. The monoisotopic (exact) mass is 303 g/mol. The van der Waals surface area contributed by atoms with Crippen molar-refractivity contribution in [1.82, 2.24) is 4.98 Å². The average molecular weight is 303 g/mol. The van der Waals surface area contributed by atoms with Gasteiger partial charge >= 0.3 is 0 Å². The largest absolute Gasteiger partial charge is 0.486 e. The van der Waals surface area contributed by atoms with Crippen LogP contribution in [0.3, 0.4) is 0 Å². The molecule has 0 aliphatic carbocycles. The van der Waals surface area contributed by atoms with Crippen LogP contribution in [0, 0.1) is 13.8 Å². The number of hydrogen-bond acceptors (Lipinski definition) is 4. The van der Waals surface area contributed by atoms with Gasteiger partial charge in [0.25, 0.3) is 0 Å². The Labute approximate surface area is 130 Å². The van der Waals surface area contributed by atoms with Gasteiger partial charge in [0.05, 0.1) is 10.6 Å². The van der Waals surface area contributed by atoms with Crippen molar-refractivity contribution >= 4 is 17.1 Å². The highest BCUT2D eigenvalue weighted by Crippen LogP contribution is 2.25. The zero-order valence-corrected chi connectivity index (χ0v) is 13.8. The average Bonchev–Trinajstić information content (AvgIpc) is 2.84. The second kappa shape index (κ2) is 6.85. The molecular formula is C17H21NO2S. The summed E-state index contributed by atoms with van der Waals surface area (Å²) in [6, 6.07) is 6.02. The van der Waals surface area contributed by atoms with Crippen molar-refractivity contribution in [2.75, 3.05) is 0 Å². The van der Waals surface area contributed by atoms with Crippen LogP contribution >= 0.6 is 11.3 Å². The number of thiazole rings is 1. The standard InChI is InChI=1S/C17H21NO2S/c1-5-7-14-17(13(4)19)21-16(18-14)10-20-15-9-6-8-11(2)12(15)3/h6,8-9H,5,7,10H2,1-4H3. The molecule has 1 aromatic carbocycles. The number of benzene rings is 1. The van der Waals surface area contributed by atoms with Gasteiger partial charge in [-0.1, -0.05) is 25.5 Å². The molecule has 1 aromatic heterocycles. The maximum absolute atomic E-state index is 11.7. The Bertz CT molecular complexity index is 646. The molecule has 112 valence electrons. The number of Topliss-reactive ketones (excluding diaryl/α,β-unsaturated/α-hetero) is 1. The van der Waals surface area contributed by atoms with Gasteiger partial charge in [-0.25, -0.2) is 4.98 Å². The Morgan fingerprint density at radius 3 is 2.76 bits per heavy atom. The number of rotatable bonds is 6. The van der Waals surface area contributed by atoms with E-state index in [2.05, 4.69) is 31.8 Å². The molecule has 2 aromatic rings. The number of nitrogens with zero attached hydrogens (tertiary/aromatic N) is 1. The first-order chi connectivity index (χ1) is 10.0. The summed E-state index contributed by atoms with van der Waals surface area (Å²) in [4.78, 5) is 17.0. The lowest BCUT2D eigenvalue weighted by atomic mass is 10.1. The molecular weight excluding hydrogens is 282 g/mol. The Kier molecular flexibility index (Phi) is 5.12. The smallest absolute Gasteiger partial charge is 0.171 e. The number of aryl methyl sites for hydroxylation is 2. The minimum absolute atomic E-state index is 0.0916. The molecule has 4 heteroatoms. The Balaban J connectivity index is 2.15. The van der Waals surface area contributed by atoms with Crippen molar-refractivity contribution in [2.45, 2.75) is 47.1 Å². The molecule has 0 fully saturated rings. The van der Waals surface area contributed by atoms with Gasteiger partial charge in [0.1, 0.15) is 17.4 Å². The van der Waals surface area contributed by atoms with Crippen LogP contribution in [0.4, 0.5) is 0 Å². The molecule has 0 amide bonds. The van der Waals surface area contributed by atoms with E-state index in [4.69, 9.17) is 4.74 Å². The molecule has 0 saturated carbocycles. The van der Waals surface area contributed by atoms with E-state index in [-0.39, 0.29) is 5.78 Å². The fraction of sp³-hybridized carbons (Fsp3) is 0.412. The molecule has 21 heavy (non-hydrogen) atoms. The van der Waals surface area contributed by atoms with Crippen LogP contribution in [-0.2, 0) is 13.0 Å². The molecule has 0 aliphatic heterocycles. The third-order valence-electron chi connectivity index (χ3n) is 3.45. The number of hydrogen-bond donors (Lipinski definition) is 0. The zero-order valence-electron chi connectivity index (χ0n) is 13.0. The molecule has 0 N–H and O–H groups in total. The maximum atomic E-state index is 11.7. The summed E-state index contributed by atoms with van der Waals surface area (Å²) in [6.45, 7) is 8.23. The van der Waals surface area contributed by atoms with E-state index in [1.165, 1.54) is 16.9 Å². The van der Waals surface area contributed by atoms with Crippen molar-refractivity contribution in [3.63, 3.8) is 0 Å². The van der Waals surface area contributed by atoms with Crippen LogP contribution in [0.1, 0.15) is 51.8 Å². The summed E-state index contributed by atoms with van der Waals surface area (Å²) in [5.41, 5.74) is 3.27. The number of carbonyl (C=O) groups excluding carboxylic acids is 1. The highest BCUT2D eigenvalue weighted by Gasteiger charge is 2.14. The normalized spacial score (nSPS) is 10.7. The maximum Gasteiger partial charge on any atom is 0.171 e. The van der Waals surface area contributed by atoms with Crippen LogP contribution in [0.2, 0.25) is 0 Å². The number of carbonyl (C=O) groups is 1. The van der Waals surface area contributed by atoms with Crippen LogP contribution in [0.25, 0.3) is 0 Å². The first-order valence-corrected chi connectivity index (χ1v) is 8.03. The molecule has 0 bridgehead atoms. The van der Waals surface area contributed by atoms with E-state index in [0.717, 1.165) is 39.7 Å². The molecule has 2 rings (SSSR count). The van der Waals surface area contributed by atoms with Crippen LogP contribution in [0.15, 0.2) is 18.2 Å². The minimum Gasteiger partial charge on any atom is -0.486 e. The predicted octanol–water partition coefficient (Wildman–Crippen LogP) is 4.49. The summed E-state index contributed by atoms with van der Waals surface area (Å²) in [6.07, 6.45) is 1.83. The highest BCUT2D eigenvalue weighted by atomic mass is 32.1. The lowest BCUT2D eigenvalue weighted by Gasteiger charge is -2.09. The van der Waals surface area contributed by atoms with Gasteiger partial charge in [0.2, 0.25) is 0 Å². The molecule has 0 radical (unpaired) electrons. The second-order valence-corrected chi connectivity index (χ2v) is 6.26. The first-order valence-electron chi connectivity index (χ1n) is 7.21. The van der Waals surface area contributed by atoms with Gasteiger partial charge in [-0.05, 0) is 37.5 Å². The minimum atomic E-state index is 0.0916. The summed E-state index contributed by atoms with van der Waals surface area (Å²) < 4.78 is 5.87. The molecule has 1 heterocycles. The molecule has 3 nitrogen and oxygen atoms in total. The summed E-state index contributed by atoms with van der Waals surface area (Å²) in [5.74, 6) is 0.973. The Morgan fingerprint density at radius 2 is 2.10 bits per heavy atom. The van der Waals surface area contributed by atoms with Crippen molar-refractivity contribution < 1.29 is 9.53 Å². The lowest BCUT2D eigenvalue weighted by molar-refractivity contribution is 0.102. The summed E-state index contributed by atoms with van der Waals surface area (Å²) >= 11 is 1.45. The van der Waals surface area contributed by atoms with Gasteiger partial charge in [-0.15, -0.1) is 11.3 Å². The van der Waals surface area contributed by atoms with Crippen molar-refractivity contribution in [3.8, 4) is 5.75 Å².